The molecule has 9 aromatic carbocycles. The smallest absolute Gasteiger partial charge is 0.537 e. The van der Waals surface area contributed by atoms with Crippen molar-refractivity contribution in [1.29, 1.82) is 0 Å². The van der Waals surface area contributed by atoms with Crippen molar-refractivity contribution in [3.63, 3.8) is 0 Å². The van der Waals surface area contributed by atoms with E-state index < -0.39 is 0 Å². The van der Waals surface area contributed by atoms with Gasteiger partial charge in [-0.3, -0.25) is 0 Å². The van der Waals surface area contributed by atoms with Gasteiger partial charge in [-0.05, 0) is 119 Å². The van der Waals surface area contributed by atoms with Crippen molar-refractivity contribution in [2.75, 3.05) is 0 Å². The van der Waals surface area contributed by atoms with Crippen LogP contribution in [0, 0.1) is 0 Å². The van der Waals surface area contributed by atoms with Crippen molar-refractivity contribution < 1.29 is 27.3 Å². The van der Waals surface area contributed by atoms with Gasteiger partial charge in [-0.15, -0.1) is 0 Å². The maximum Gasteiger partial charge on any atom is 0.569 e. The lowest BCUT2D eigenvalue weighted by molar-refractivity contribution is 0.454. The Labute approximate surface area is 377 Å². The lowest BCUT2D eigenvalue weighted by Gasteiger charge is -2.01. The van der Waals surface area contributed by atoms with Gasteiger partial charge in [0.1, 0.15) is 44.7 Å². The van der Waals surface area contributed by atoms with Gasteiger partial charge in [0.2, 0.25) is 0 Å². The summed E-state index contributed by atoms with van der Waals surface area (Å²) in [5, 5.41) is 16.9. The van der Waals surface area contributed by atoms with E-state index in [1.807, 2.05) is 54.6 Å². The minimum absolute atomic E-state index is 0.639. The number of para-hydroxylation sites is 1. The maximum atomic E-state index is 8.17. The number of hydrogen-bond donors (Lipinski definition) is 1. The molecule has 1 N–H and O–H groups in total. The van der Waals surface area contributed by atoms with Gasteiger partial charge in [0.25, 0.3) is 0 Å². The third-order valence-corrected chi connectivity index (χ3v) is 12.2. The highest BCUT2D eigenvalue weighted by Gasteiger charge is 2.16. The number of hydrogen-bond acceptors (Lipinski definition) is 6. The predicted molar refractivity (Wildman–Crippen MR) is 263 cm³/mol. The van der Waals surface area contributed by atoms with Gasteiger partial charge in [-0.1, -0.05) is 123 Å². The van der Waals surface area contributed by atoms with E-state index in [0.717, 1.165) is 96.7 Å². The molecule has 9 heteroatoms. The molecule has 0 bridgehead atoms. The molecule has 0 aliphatic carbocycles. The van der Waals surface area contributed by atoms with E-state index in [1.54, 1.807) is 12.1 Å². The molecule has 13 rings (SSSR count). The summed E-state index contributed by atoms with van der Waals surface area (Å²) >= 11 is 7.04. The van der Waals surface area contributed by atoms with E-state index in [-0.39, 0.29) is 0 Å². The summed E-state index contributed by atoms with van der Waals surface area (Å²) in [5.74, 6) is 0.639. The molecule has 0 aliphatic rings. The average molecular weight is 947 g/mol. The molecule has 63 heavy (non-hydrogen) atoms. The molecule has 0 aliphatic heterocycles. The first kappa shape index (κ1) is 38.9. The molecule has 0 unspecified atom stereocenters. The lowest BCUT2D eigenvalue weighted by Crippen LogP contribution is -1.98. The Kier molecular flexibility index (Phi) is 10.1. The first-order valence-electron chi connectivity index (χ1n) is 20.2. The van der Waals surface area contributed by atoms with Crippen LogP contribution in [0.5, 0.6) is 5.75 Å². The Bertz CT molecular complexity index is 3550. The number of halogens is 2. The van der Waals surface area contributed by atoms with Crippen LogP contribution in [0.15, 0.2) is 215 Å². The SMILES string of the molecule is Brc1ccc2oc3cc4c(cc3c2c1)oc1ccc(Br)cc14.O[B]Oc1ccccc1.c1ccc(-c2ccc3oc4cc5c(cc4c3c2)oc2ccc(-c3ccccc3)cc25)cc1. The van der Waals surface area contributed by atoms with Gasteiger partial charge in [0, 0.05) is 52.0 Å². The van der Waals surface area contributed by atoms with Crippen molar-refractivity contribution in [2.24, 2.45) is 0 Å². The second-order valence-corrected chi connectivity index (χ2v) is 16.9. The first-order chi connectivity index (χ1) is 31.0. The topological polar surface area (TPSA) is 82.0 Å². The average Bonchev–Trinajstić information content (AvgIpc) is 4.08. The molecule has 4 aromatic heterocycles. The molecule has 13 aromatic rings. The van der Waals surface area contributed by atoms with Gasteiger partial charge in [-0.2, -0.15) is 0 Å². The summed E-state index contributed by atoms with van der Waals surface area (Å²) in [6, 6.07) is 63.1. The van der Waals surface area contributed by atoms with Gasteiger partial charge in [-0.25, -0.2) is 0 Å². The normalized spacial score (nSPS) is 11.4. The van der Waals surface area contributed by atoms with Crippen LogP contribution in [0.3, 0.4) is 0 Å². The van der Waals surface area contributed by atoms with Crippen molar-refractivity contribution in [3.8, 4) is 28.0 Å². The van der Waals surface area contributed by atoms with E-state index in [9.17, 15) is 0 Å². The highest BCUT2D eigenvalue weighted by molar-refractivity contribution is 9.10. The summed E-state index contributed by atoms with van der Waals surface area (Å²) in [5.41, 5.74) is 11.8. The van der Waals surface area contributed by atoms with Crippen LogP contribution in [-0.4, -0.2) is 12.7 Å². The number of rotatable bonds is 4. The zero-order chi connectivity index (χ0) is 42.4. The number of fused-ring (bicyclic) bond motifs is 12. The van der Waals surface area contributed by atoms with Crippen molar-refractivity contribution in [3.05, 3.63) is 197 Å². The first-order valence-corrected chi connectivity index (χ1v) is 21.8. The zero-order valence-electron chi connectivity index (χ0n) is 33.2. The Morgan fingerprint density at radius 2 is 0.635 bits per heavy atom. The quantitative estimate of drug-likeness (QED) is 0.177. The fraction of sp³-hybridized carbons (Fsp3) is 0. The fourth-order valence-corrected chi connectivity index (χ4v) is 8.94. The van der Waals surface area contributed by atoms with Crippen LogP contribution in [0.4, 0.5) is 0 Å². The van der Waals surface area contributed by atoms with Gasteiger partial charge < -0.3 is 27.3 Å². The van der Waals surface area contributed by atoms with Crippen LogP contribution < -0.4 is 4.65 Å². The fourth-order valence-electron chi connectivity index (χ4n) is 8.22. The summed E-state index contributed by atoms with van der Waals surface area (Å²) in [6.07, 6.45) is 0. The van der Waals surface area contributed by atoms with Crippen LogP contribution in [-0.2, 0) is 0 Å². The molecule has 4 heterocycles. The van der Waals surface area contributed by atoms with E-state index >= 15 is 0 Å². The van der Waals surface area contributed by atoms with Crippen LogP contribution in [0.1, 0.15) is 0 Å². The second-order valence-electron chi connectivity index (χ2n) is 15.1. The van der Waals surface area contributed by atoms with Crippen LogP contribution in [0.25, 0.3) is 110 Å². The van der Waals surface area contributed by atoms with Crippen molar-refractivity contribution >= 4 is 127 Å². The molecule has 0 amide bonds. The minimum Gasteiger partial charge on any atom is -0.537 e. The van der Waals surface area contributed by atoms with Crippen LogP contribution >= 0.6 is 31.9 Å². The molecule has 1 radical (unpaired) electrons. The standard InChI is InChI=1S/C30H18O2.C18H8Br2O2.C6H6BO2/c1-3-7-19(8-4-1)21-11-13-27-23(15-21)25-17-30-26(18-29(25)31-27)24-16-22(12-14-28(24)32-30)20-9-5-2-6-10-20;19-9-1-3-15-11(5-9)13-7-18-14(8-17(13)21-15)12-6-10(20)2-4-16(12)22-18;8-7-9-6-4-2-1-3-5-6/h1-18H;1-8H;1-5,8H. The summed E-state index contributed by atoms with van der Waals surface area (Å²) < 4.78 is 31.2. The van der Waals surface area contributed by atoms with E-state index in [1.165, 1.54) is 22.3 Å². The summed E-state index contributed by atoms with van der Waals surface area (Å²) in [6.45, 7) is 0. The second kappa shape index (κ2) is 16.3. The monoisotopic (exact) mass is 945 g/mol. The Hall–Kier alpha value is -7.04. The Morgan fingerprint density at radius 1 is 0.317 bits per heavy atom. The van der Waals surface area contributed by atoms with Gasteiger partial charge >= 0.3 is 7.69 Å². The third kappa shape index (κ3) is 7.44. The van der Waals surface area contributed by atoms with E-state index in [4.69, 9.17) is 22.7 Å². The minimum atomic E-state index is 0.639. The molecule has 0 saturated heterocycles. The predicted octanol–water partition coefficient (Wildman–Crippen LogP) is 16.4. The molecule has 6 nitrogen and oxygen atoms in total. The molecule has 0 atom stereocenters. The molecular formula is C54H32BBr2O6. The molecular weight excluding hydrogens is 915 g/mol. The van der Waals surface area contributed by atoms with Gasteiger partial charge in [0.05, 0.1) is 5.75 Å². The van der Waals surface area contributed by atoms with Gasteiger partial charge in [0.15, 0.2) is 0 Å². The molecule has 0 spiro atoms. The maximum absolute atomic E-state index is 8.17. The Morgan fingerprint density at radius 3 is 1.00 bits per heavy atom. The molecule has 301 valence electrons. The Balaban J connectivity index is 0.000000123. The molecule has 0 fully saturated rings. The zero-order valence-corrected chi connectivity index (χ0v) is 36.4. The lowest BCUT2D eigenvalue weighted by atomic mass is 10.0. The highest BCUT2D eigenvalue weighted by Crippen LogP contribution is 2.40. The van der Waals surface area contributed by atoms with Crippen LogP contribution in [0.2, 0.25) is 0 Å². The number of benzene rings is 9. The number of furan rings is 4. The van der Waals surface area contributed by atoms with Crippen molar-refractivity contribution in [1.82, 2.24) is 0 Å². The molecule has 0 saturated carbocycles. The summed E-state index contributed by atoms with van der Waals surface area (Å²) in [4.78, 5) is 0. The summed E-state index contributed by atoms with van der Waals surface area (Å²) in [7, 11) is 0.662. The van der Waals surface area contributed by atoms with Crippen molar-refractivity contribution in [2.45, 2.75) is 0 Å². The van der Waals surface area contributed by atoms with E-state index in [2.05, 4.69) is 158 Å². The highest BCUT2D eigenvalue weighted by atomic mass is 79.9. The largest absolute Gasteiger partial charge is 0.569 e. The third-order valence-electron chi connectivity index (χ3n) is 11.2. The van der Waals surface area contributed by atoms with E-state index in [0.29, 0.717) is 13.4 Å².